The van der Waals surface area contributed by atoms with Gasteiger partial charge in [-0.15, -0.1) is 0 Å². The smallest absolute Gasteiger partial charge is 0.405 e. The fraction of sp³-hybridized carbons (Fsp3) is 0.133. The standard InChI is InChI=1S/C15H14N2O5/c1-21-12-7-5-11(6-8-12)16-14(18)10-22-15(19)13-4-2-3-9-17(13)20/h2-9H,10H2,1H3,(H,16,18). The van der Waals surface area contributed by atoms with E-state index in [1.54, 1.807) is 31.4 Å². The lowest BCUT2D eigenvalue weighted by Crippen LogP contribution is -2.35. The Morgan fingerprint density at radius 2 is 1.91 bits per heavy atom. The zero-order chi connectivity index (χ0) is 15.9. The highest BCUT2D eigenvalue weighted by atomic mass is 16.5. The maximum atomic E-state index is 11.7. The van der Waals surface area contributed by atoms with E-state index in [-0.39, 0.29) is 5.69 Å². The number of hydrogen-bond acceptors (Lipinski definition) is 5. The average molecular weight is 302 g/mol. The predicted molar refractivity (Wildman–Crippen MR) is 77.3 cm³/mol. The maximum absolute atomic E-state index is 11.7. The van der Waals surface area contributed by atoms with Gasteiger partial charge in [0.1, 0.15) is 5.75 Å². The fourth-order valence-corrected chi connectivity index (χ4v) is 1.66. The molecule has 0 aliphatic carbocycles. The Balaban J connectivity index is 1.87. The summed E-state index contributed by atoms with van der Waals surface area (Å²) < 4.78 is 10.2. The van der Waals surface area contributed by atoms with Gasteiger partial charge in [0, 0.05) is 17.8 Å². The van der Waals surface area contributed by atoms with Crippen LogP contribution >= 0.6 is 0 Å². The summed E-state index contributed by atoms with van der Waals surface area (Å²) in [5.41, 5.74) is 0.361. The molecule has 2 aromatic rings. The molecule has 1 aromatic carbocycles. The molecule has 1 N–H and O–H groups in total. The molecular weight excluding hydrogens is 288 g/mol. The monoisotopic (exact) mass is 302 g/mol. The van der Waals surface area contributed by atoms with Crippen molar-refractivity contribution in [2.24, 2.45) is 0 Å². The number of nitrogens with one attached hydrogen (secondary N) is 1. The van der Waals surface area contributed by atoms with Gasteiger partial charge in [-0.05, 0) is 30.3 Å². The highest BCUT2D eigenvalue weighted by Crippen LogP contribution is 2.14. The largest absolute Gasteiger partial charge is 0.618 e. The molecule has 7 nitrogen and oxygen atoms in total. The summed E-state index contributed by atoms with van der Waals surface area (Å²) in [7, 11) is 1.54. The van der Waals surface area contributed by atoms with Crippen LogP contribution in [0.5, 0.6) is 5.75 Å². The molecule has 1 aromatic heterocycles. The van der Waals surface area contributed by atoms with Gasteiger partial charge in [0.2, 0.25) is 0 Å². The van der Waals surface area contributed by atoms with Gasteiger partial charge in [-0.3, -0.25) is 4.79 Å². The lowest BCUT2D eigenvalue weighted by atomic mass is 10.3. The Labute approximate surface area is 126 Å². The van der Waals surface area contributed by atoms with Gasteiger partial charge in [-0.25, -0.2) is 4.79 Å². The Hall–Kier alpha value is -3.09. The van der Waals surface area contributed by atoms with E-state index >= 15 is 0 Å². The van der Waals surface area contributed by atoms with Crippen LogP contribution in [0.1, 0.15) is 10.5 Å². The number of rotatable bonds is 5. The number of anilines is 1. The normalized spacial score (nSPS) is 9.86. The van der Waals surface area contributed by atoms with Crippen LogP contribution < -0.4 is 14.8 Å². The molecule has 22 heavy (non-hydrogen) atoms. The first-order chi connectivity index (χ1) is 10.6. The molecule has 0 radical (unpaired) electrons. The van der Waals surface area contributed by atoms with Crippen LogP contribution in [0.25, 0.3) is 0 Å². The van der Waals surface area contributed by atoms with Crippen LogP contribution in [0, 0.1) is 5.21 Å². The summed E-state index contributed by atoms with van der Waals surface area (Å²) >= 11 is 0. The molecule has 114 valence electrons. The van der Waals surface area contributed by atoms with E-state index in [2.05, 4.69) is 5.32 Å². The van der Waals surface area contributed by atoms with Crippen LogP contribution in [0.15, 0.2) is 48.7 Å². The molecule has 0 saturated carbocycles. The number of ether oxygens (including phenoxy) is 2. The minimum Gasteiger partial charge on any atom is -0.618 e. The molecule has 0 saturated heterocycles. The van der Waals surface area contributed by atoms with E-state index in [0.29, 0.717) is 16.2 Å². The molecule has 2 rings (SSSR count). The summed E-state index contributed by atoms with van der Waals surface area (Å²) in [4.78, 5) is 23.3. The lowest BCUT2D eigenvalue weighted by molar-refractivity contribution is -0.608. The van der Waals surface area contributed by atoms with Gasteiger partial charge in [0.25, 0.3) is 5.91 Å². The third-order valence-corrected chi connectivity index (χ3v) is 2.74. The van der Waals surface area contributed by atoms with Crippen LogP contribution in [0.4, 0.5) is 5.69 Å². The van der Waals surface area contributed by atoms with E-state index in [1.165, 1.54) is 24.4 Å². The van der Waals surface area contributed by atoms with Crippen molar-refractivity contribution in [1.82, 2.24) is 0 Å². The number of carbonyl (C=O) groups excluding carboxylic acids is 2. The number of esters is 1. The maximum Gasteiger partial charge on any atom is 0.405 e. The molecule has 0 bridgehead atoms. The van der Waals surface area contributed by atoms with Gasteiger partial charge >= 0.3 is 11.7 Å². The Bertz CT molecular complexity index is 670. The van der Waals surface area contributed by atoms with Crippen molar-refractivity contribution in [3.63, 3.8) is 0 Å². The minimum atomic E-state index is -0.861. The second kappa shape index (κ2) is 7.07. The summed E-state index contributed by atoms with van der Waals surface area (Å²) in [5.74, 6) is -0.708. The highest BCUT2D eigenvalue weighted by molar-refractivity contribution is 5.94. The summed E-state index contributed by atoms with van der Waals surface area (Å²) in [5, 5.41) is 13.9. The Kier molecular flexibility index (Phi) is 4.92. The molecule has 0 aliphatic heterocycles. The summed E-state index contributed by atoms with van der Waals surface area (Å²) in [6.45, 7) is -0.486. The van der Waals surface area contributed by atoms with Crippen molar-refractivity contribution in [2.45, 2.75) is 0 Å². The number of benzene rings is 1. The first kappa shape index (κ1) is 15.3. The quantitative estimate of drug-likeness (QED) is 0.508. The summed E-state index contributed by atoms with van der Waals surface area (Å²) in [6.07, 6.45) is 1.17. The predicted octanol–water partition coefficient (Wildman–Crippen LogP) is 1.12. The second-order valence-electron chi connectivity index (χ2n) is 4.26. The lowest BCUT2D eigenvalue weighted by Gasteiger charge is -2.07. The molecule has 1 amide bonds. The molecule has 0 atom stereocenters. The number of carbonyl (C=O) groups is 2. The van der Waals surface area contributed by atoms with E-state index < -0.39 is 18.5 Å². The number of hydrogen-bond donors (Lipinski definition) is 1. The highest BCUT2D eigenvalue weighted by Gasteiger charge is 2.18. The van der Waals surface area contributed by atoms with Crippen molar-refractivity contribution in [3.05, 3.63) is 59.6 Å². The van der Waals surface area contributed by atoms with Crippen molar-refractivity contribution in [3.8, 4) is 5.75 Å². The third kappa shape index (κ3) is 3.95. The molecule has 0 aliphatic rings. The zero-order valence-electron chi connectivity index (χ0n) is 11.8. The van der Waals surface area contributed by atoms with E-state index in [1.807, 2.05) is 0 Å². The molecule has 0 fully saturated rings. The summed E-state index contributed by atoms with van der Waals surface area (Å²) in [6, 6.07) is 11.0. The van der Waals surface area contributed by atoms with E-state index in [0.717, 1.165) is 0 Å². The van der Waals surface area contributed by atoms with Crippen molar-refractivity contribution in [1.29, 1.82) is 0 Å². The Morgan fingerprint density at radius 3 is 2.55 bits per heavy atom. The number of nitrogens with zero attached hydrogens (tertiary/aromatic N) is 1. The third-order valence-electron chi connectivity index (χ3n) is 2.74. The van der Waals surface area contributed by atoms with E-state index in [4.69, 9.17) is 9.47 Å². The molecule has 1 heterocycles. The first-order valence-corrected chi connectivity index (χ1v) is 6.39. The number of methoxy groups -OCH3 is 1. The van der Waals surface area contributed by atoms with Crippen LogP contribution in [0.2, 0.25) is 0 Å². The SMILES string of the molecule is COc1ccc(NC(=O)COC(=O)c2cccc[n+]2[O-])cc1. The Morgan fingerprint density at radius 1 is 1.18 bits per heavy atom. The molecular formula is C15H14N2O5. The van der Waals surface area contributed by atoms with Crippen molar-refractivity contribution >= 4 is 17.6 Å². The van der Waals surface area contributed by atoms with Crippen LogP contribution in [-0.2, 0) is 9.53 Å². The van der Waals surface area contributed by atoms with Crippen LogP contribution in [-0.4, -0.2) is 25.6 Å². The average Bonchev–Trinajstić information content (AvgIpc) is 2.54. The fourth-order valence-electron chi connectivity index (χ4n) is 1.66. The number of aromatic nitrogens is 1. The van der Waals surface area contributed by atoms with Gasteiger partial charge in [-0.1, -0.05) is 0 Å². The second-order valence-corrected chi connectivity index (χ2v) is 4.26. The number of pyridine rings is 1. The topological polar surface area (TPSA) is 91.6 Å². The number of amides is 1. The minimum absolute atomic E-state index is 0.181. The molecule has 0 spiro atoms. The van der Waals surface area contributed by atoms with E-state index in [9.17, 15) is 14.8 Å². The van der Waals surface area contributed by atoms with Crippen LogP contribution in [0.3, 0.4) is 0 Å². The van der Waals surface area contributed by atoms with Gasteiger partial charge in [-0.2, -0.15) is 4.73 Å². The molecule has 7 heteroatoms. The van der Waals surface area contributed by atoms with Gasteiger partial charge < -0.3 is 20.0 Å². The zero-order valence-corrected chi connectivity index (χ0v) is 11.8. The van der Waals surface area contributed by atoms with Crippen molar-refractivity contribution < 1.29 is 23.8 Å². The van der Waals surface area contributed by atoms with Crippen molar-refractivity contribution in [2.75, 3.05) is 19.0 Å². The van der Waals surface area contributed by atoms with Gasteiger partial charge in [0.05, 0.1) is 7.11 Å². The molecule has 0 unspecified atom stereocenters. The van der Waals surface area contributed by atoms with Gasteiger partial charge in [0.15, 0.2) is 12.8 Å². The first-order valence-electron chi connectivity index (χ1n) is 6.39.